The van der Waals surface area contributed by atoms with E-state index in [1.165, 1.54) is 0 Å². The zero-order chi connectivity index (χ0) is 21.1. The van der Waals surface area contributed by atoms with Gasteiger partial charge in [0.2, 0.25) is 11.6 Å². The molecule has 0 bridgehead atoms. The average Bonchev–Trinajstić information content (AvgIpc) is 3.35. The topological polar surface area (TPSA) is 111 Å². The van der Waals surface area contributed by atoms with Gasteiger partial charge in [-0.3, -0.25) is 4.79 Å². The van der Waals surface area contributed by atoms with Crippen LogP contribution in [0.25, 0.3) is 11.2 Å². The summed E-state index contributed by atoms with van der Waals surface area (Å²) in [5.74, 6) is 1.62. The number of nitrogens with one attached hydrogen (secondary N) is 1. The number of hydrogen-bond donors (Lipinski definition) is 1. The Hall–Kier alpha value is -3.01. The van der Waals surface area contributed by atoms with E-state index in [0.717, 1.165) is 37.4 Å². The second-order valence-electron chi connectivity index (χ2n) is 7.48. The molecule has 0 aromatic carbocycles. The van der Waals surface area contributed by atoms with Crippen molar-refractivity contribution in [1.29, 1.82) is 0 Å². The molecule has 1 amide bonds. The number of aryl methyl sites for hydroxylation is 1. The van der Waals surface area contributed by atoms with Gasteiger partial charge in [-0.2, -0.15) is 10.1 Å². The molecule has 0 aliphatic carbocycles. The van der Waals surface area contributed by atoms with Crippen LogP contribution in [0.4, 0.5) is 6.01 Å². The number of rotatable bonds is 7. The van der Waals surface area contributed by atoms with Crippen molar-refractivity contribution in [3.63, 3.8) is 0 Å². The lowest BCUT2D eigenvalue weighted by Crippen LogP contribution is -2.34. The fourth-order valence-electron chi connectivity index (χ4n) is 3.72. The maximum Gasteiger partial charge on any atom is 0.299 e. The van der Waals surface area contributed by atoms with Crippen LogP contribution in [0.2, 0.25) is 0 Å². The van der Waals surface area contributed by atoms with E-state index in [2.05, 4.69) is 30.3 Å². The molecular weight excluding hydrogens is 386 g/mol. The molecule has 1 fully saturated rings. The van der Waals surface area contributed by atoms with Gasteiger partial charge in [0.25, 0.3) is 6.01 Å². The normalized spacial score (nSPS) is 15.1. The van der Waals surface area contributed by atoms with Gasteiger partial charge in [-0.15, -0.1) is 0 Å². The van der Waals surface area contributed by atoms with Crippen LogP contribution in [-0.4, -0.2) is 64.5 Å². The molecule has 1 saturated heterocycles. The lowest BCUT2D eigenvalue weighted by atomic mass is 9.96. The fourth-order valence-corrected chi connectivity index (χ4v) is 3.72. The maximum absolute atomic E-state index is 11.7. The largest absolute Gasteiger partial charge is 0.422 e. The number of nitrogens with zero attached hydrogens (tertiary/aromatic N) is 6. The van der Waals surface area contributed by atoms with Crippen molar-refractivity contribution in [2.75, 3.05) is 38.8 Å². The lowest BCUT2D eigenvalue weighted by molar-refractivity contribution is -0.120. The number of methoxy groups -OCH3 is 1. The predicted molar refractivity (Wildman–Crippen MR) is 110 cm³/mol. The standard InChI is InChI=1S/C20H27N7O3/c1-13-4-5-15-18(22-13)24-20(30-15)26-8-6-14(7-9-26)19-23-16(12-17(28)21-2)25-27(19)10-11-29-3/h4-5,14H,6-12H2,1-3H3,(H,21,28). The molecule has 4 rings (SSSR count). The molecule has 1 aliphatic rings. The summed E-state index contributed by atoms with van der Waals surface area (Å²) in [6.45, 7) is 4.71. The average molecular weight is 413 g/mol. The van der Waals surface area contributed by atoms with Gasteiger partial charge in [-0.25, -0.2) is 14.6 Å². The molecule has 0 saturated carbocycles. The molecule has 1 N–H and O–H groups in total. The smallest absolute Gasteiger partial charge is 0.299 e. The van der Waals surface area contributed by atoms with E-state index in [0.29, 0.717) is 36.2 Å². The fraction of sp³-hybridized carbons (Fsp3) is 0.550. The predicted octanol–water partition coefficient (Wildman–Crippen LogP) is 1.44. The van der Waals surface area contributed by atoms with Gasteiger partial charge in [-0.1, -0.05) is 0 Å². The summed E-state index contributed by atoms with van der Waals surface area (Å²) < 4.78 is 13.0. The highest BCUT2D eigenvalue weighted by molar-refractivity contribution is 5.77. The first kappa shape index (κ1) is 20.3. The molecule has 10 heteroatoms. The number of amides is 1. The second-order valence-corrected chi connectivity index (χ2v) is 7.48. The van der Waals surface area contributed by atoms with Crippen LogP contribution in [-0.2, 0) is 22.5 Å². The summed E-state index contributed by atoms with van der Waals surface area (Å²) in [6, 6.07) is 4.45. The molecule has 3 aromatic rings. The van der Waals surface area contributed by atoms with Gasteiger partial charge in [0.1, 0.15) is 5.82 Å². The number of likely N-dealkylation sites (N-methyl/N-ethyl adjacent to an activating group) is 1. The van der Waals surface area contributed by atoms with E-state index in [9.17, 15) is 4.79 Å². The van der Waals surface area contributed by atoms with Crippen LogP contribution in [0.3, 0.4) is 0 Å². The van der Waals surface area contributed by atoms with Gasteiger partial charge in [0, 0.05) is 38.9 Å². The van der Waals surface area contributed by atoms with Crippen LogP contribution in [0.1, 0.15) is 36.1 Å². The number of hydrogen-bond acceptors (Lipinski definition) is 8. The number of oxazole rings is 1. The molecule has 4 heterocycles. The second kappa shape index (κ2) is 8.78. The number of aromatic nitrogens is 5. The number of anilines is 1. The quantitative estimate of drug-likeness (QED) is 0.619. The highest BCUT2D eigenvalue weighted by atomic mass is 16.5. The van der Waals surface area contributed by atoms with Crippen LogP contribution < -0.4 is 10.2 Å². The van der Waals surface area contributed by atoms with Crippen molar-refractivity contribution < 1.29 is 13.9 Å². The van der Waals surface area contributed by atoms with Gasteiger partial charge in [-0.05, 0) is 31.9 Å². The molecule has 10 nitrogen and oxygen atoms in total. The maximum atomic E-state index is 11.7. The molecule has 0 unspecified atom stereocenters. The Bertz CT molecular complexity index is 1020. The number of piperidine rings is 1. The van der Waals surface area contributed by atoms with Crippen molar-refractivity contribution in [3.8, 4) is 0 Å². The molecular formula is C20H27N7O3. The third-order valence-electron chi connectivity index (χ3n) is 5.36. The van der Waals surface area contributed by atoms with Crippen molar-refractivity contribution >= 4 is 23.2 Å². The van der Waals surface area contributed by atoms with Gasteiger partial charge in [0.15, 0.2) is 11.4 Å². The third kappa shape index (κ3) is 4.28. The van der Waals surface area contributed by atoms with E-state index < -0.39 is 0 Å². The SMILES string of the molecule is CNC(=O)Cc1nc(C2CCN(c3nc4nc(C)ccc4o3)CC2)n(CCOC)n1. The zero-order valence-electron chi connectivity index (χ0n) is 17.6. The number of fused-ring (bicyclic) bond motifs is 1. The molecule has 0 atom stereocenters. The van der Waals surface area contributed by atoms with E-state index >= 15 is 0 Å². The van der Waals surface area contributed by atoms with Gasteiger partial charge in [0.05, 0.1) is 19.6 Å². The number of ether oxygens (including phenoxy) is 1. The van der Waals surface area contributed by atoms with E-state index in [4.69, 9.17) is 9.15 Å². The van der Waals surface area contributed by atoms with Crippen molar-refractivity contribution in [2.24, 2.45) is 0 Å². The third-order valence-corrected chi connectivity index (χ3v) is 5.36. The Morgan fingerprint density at radius 1 is 1.27 bits per heavy atom. The molecule has 30 heavy (non-hydrogen) atoms. The minimum atomic E-state index is -0.0972. The first-order chi connectivity index (χ1) is 14.6. The van der Waals surface area contributed by atoms with Crippen LogP contribution in [0, 0.1) is 6.92 Å². The Labute approximate surface area is 174 Å². The first-order valence-electron chi connectivity index (χ1n) is 10.2. The molecule has 160 valence electrons. The molecule has 0 spiro atoms. The van der Waals surface area contributed by atoms with Crippen LogP contribution >= 0.6 is 0 Å². The monoisotopic (exact) mass is 413 g/mol. The number of carbonyl (C=O) groups is 1. The van der Waals surface area contributed by atoms with Crippen LogP contribution in [0.15, 0.2) is 16.5 Å². The summed E-state index contributed by atoms with van der Waals surface area (Å²) in [5, 5.41) is 7.16. The summed E-state index contributed by atoms with van der Waals surface area (Å²) >= 11 is 0. The summed E-state index contributed by atoms with van der Waals surface area (Å²) in [6.07, 6.45) is 1.98. The van der Waals surface area contributed by atoms with E-state index in [1.807, 2.05) is 23.7 Å². The first-order valence-corrected chi connectivity index (χ1v) is 10.2. The van der Waals surface area contributed by atoms with E-state index in [-0.39, 0.29) is 18.2 Å². The van der Waals surface area contributed by atoms with Gasteiger partial charge < -0.3 is 19.4 Å². The van der Waals surface area contributed by atoms with E-state index in [1.54, 1.807) is 14.2 Å². The zero-order valence-corrected chi connectivity index (χ0v) is 17.6. The van der Waals surface area contributed by atoms with Crippen molar-refractivity contribution in [3.05, 3.63) is 29.5 Å². The summed E-state index contributed by atoms with van der Waals surface area (Å²) in [5.41, 5.74) is 2.27. The molecule has 3 aromatic heterocycles. The Morgan fingerprint density at radius 3 is 2.80 bits per heavy atom. The molecule has 0 radical (unpaired) electrons. The number of pyridine rings is 1. The summed E-state index contributed by atoms with van der Waals surface area (Å²) in [4.78, 5) is 27.5. The van der Waals surface area contributed by atoms with Gasteiger partial charge >= 0.3 is 0 Å². The Balaban J connectivity index is 1.47. The highest BCUT2D eigenvalue weighted by Gasteiger charge is 2.28. The Kier molecular flexibility index (Phi) is 5.93. The molecule has 1 aliphatic heterocycles. The number of carbonyl (C=O) groups excluding carboxylic acids is 1. The van der Waals surface area contributed by atoms with Crippen molar-refractivity contribution in [1.82, 2.24) is 30.0 Å². The summed E-state index contributed by atoms with van der Waals surface area (Å²) in [7, 11) is 3.28. The lowest BCUT2D eigenvalue weighted by Gasteiger charge is -2.30. The van der Waals surface area contributed by atoms with Crippen molar-refractivity contribution in [2.45, 2.75) is 38.6 Å². The Morgan fingerprint density at radius 2 is 2.07 bits per heavy atom. The minimum Gasteiger partial charge on any atom is -0.422 e. The minimum absolute atomic E-state index is 0.0972. The van der Waals surface area contributed by atoms with Crippen LogP contribution in [0.5, 0.6) is 0 Å². The highest BCUT2D eigenvalue weighted by Crippen LogP contribution is 2.30.